The van der Waals surface area contributed by atoms with Crippen molar-refractivity contribution >= 4 is 16.2 Å². The van der Waals surface area contributed by atoms with E-state index in [1.54, 1.807) is 20.8 Å². The summed E-state index contributed by atoms with van der Waals surface area (Å²) in [7, 11) is -3.58. The molecule has 0 aromatic heterocycles. The summed E-state index contributed by atoms with van der Waals surface area (Å²) in [6, 6.07) is 0. The fourth-order valence-electron chi connectivity index (χ4n) is 1.58. The lowest BCUT2D eigenvalue weighted by Gasteiger charge is -2.27. The summed E-state index contributed by atoms with van der Waals surface area (Å²) in [5, 5.41) is 0. The molecule has 1 fully saturated rings. The molecular weight excluding hydrogens is 274 g/mol. The molecule has 0 aliphatic carbocycles. The topological polar surface area (TPSA) is 82.1 Å². The Morgan fingerprint density at radius 3 is 2.53 bits per heavy atom. The molecule has 1 saturated heterocycles. The first kappa shape index (κ1) is 16.2. The van der Waals surface area contributed by atoms with E-state index in [1.807, 2.05) is 0 Å². The van der Waals surface area contributed by atoms with Crippen LogP contribution >= 0.6 is 0 Å². The average molecular weight is 295 g/mol. The largest absolute Gasteiger partial charge is 0.444 e. The third kappa shape index (κ3) is 6.74. The molecule has 0 aromatic carbocycles. The first-order valence-corrected chi connectivity index (χ1v) is 7.82. The van der Waals surface area contributed by atoms with Gasteiger partial charge in [-0.15, -0.1) is 0 Å². The maximum Gasteiger partial charge on any atom is 0.410 e. The molecule has 1 aliphatic rings. The monoisotopic (exact) mass is 295 g/mol. The van der Waals surface area contributed by atoms with E-state index in [0.717, 1.165) is 6.26 Å². The van der Waals surface area contributed by atoms with Gasteiger partial charge in [-0.3, -0.25) is 4.18 Å². The van der Waals surface area contributed by atoms with E-state index in [2.05, 4.69) is 0 Å². The zero-order valence-corrected chi connectivity index (χ0v) is 12.5. The second-order valence-electron chi connectivity index (χ2n) is 5.42. The van der Waals surface area contributed by atoms with Gasteiger partial charge in [0.2, 0.25) is 0 Å². The molecule has 19 heavy (non-hydrogen) atoms. The van der Waals surface area contributed by atoms with Crippen LogP contribution in [0, 0.1) is 0 Å². The lowest BCUT2D eigenvalue weighted by atomic mass is 10.2. The molecule has 1 atom stereocenters. The Hall–Kier alpha value is -0.860. The molecule has 1 heterocycles. The van der Waals surface area contributed by atoms with Crippen molar-refractivity contribution in [3.8, 4) is 0 Å². The summed E-state index contributed by atoms with van der Waals surface area (Å²) in [5.74, 6) is 0. The first-order chi connectivity index (χ1) is 8.57. The number of amides is 1. The second kappa shape index (κ2) is 6.06. The Morgan fingerprint density at radius 1 is 1.37 bits per heavy atom. The van der Waals surface area contributed by atoms with Crippen molar-refractivity contribution in [2.75, 3.05) is 32.6 Å². The molecule has 0 unspecified atom stereocenters. The predicted molar refractivity (Wildman–Crippen MR) is 68.3 cm³/mol. The van der Waals surface area contributed by atoms with Gasteiger partial charge >= 0.3 is 6.09 Å². The van der Waals surface area contributed by atoms with Crippen molar-refractivity contribution in [1.29, 1.82) is 0 Å². The second-order valence-corrected chi connectivity index (χ2v) is 7.02. The van der Waals surface area contributed by atoms with E-state index in [-0.39, 0.29) is 13.2 Å². The van der Waals surface area contributed by atoms with E-state index < -0.39 is 27.9 Å². The van der Waals surface area contributed by atoms with Crippen LogP contribution in [0.5, 0.6) is 0 Å². The van der Waals surface area contributed by atoms with E-state index in [9.17, 15) is 13.2 Å². The Bertz CT molecular complexity index is 413. The van der Waals surface area contributed by atoms with Crippen LogP contribution in [-0.2, 0) is 23.8 Å². The van der Waals surface area contributed by atoms with Crippen molar-refractivity contribution in [3.05, 3.63) is 0 Å². The zero-order chi connectivity index (χ0) is 14.7. The van der Waals surface area contributed by atoms with Crippen LogP contribution in [0.15, 0.2) is 0 Å². The molecule has 1 amide bonds. The predicted octanol–water partition coefficient (Wildman–Crippen LogP) is 0.599. The highest BCUT2D eigenvalue weighted by atomic mass is 32.2. The number of hydrogen-bond donors (Lipinski definition) is 0. The quantitative estimate of drug-likeness (QED) is 0.694. The Balaban J connectivity index is 2.65. The van der Waals surface area contributed by atoms with E-state index in [1.165, 1.54) is 4.90 Å². The van der Waals surface area contributed by atoms with Gasteiger partial charge in [0.25, 0.3) is 10.1 Å². The van der Waals surface area contributed by atoms with Crippen LogP contribution in [0.4, 0.5) is 4.79 Å². The van der Waals surface area contributed by atoms with Gasteiger partial charge in [-0.05, 0) is 20.8 Å². The van der Waals surface area contributed by atoms with Crippen LogP contribution in [0.2, 0.25) is 0 Å². The van der Waals surface area contributed by atoms with Gasteiger partial charge in [-0.25, -0.2) is 4.79 Å². The molecule has 0 N–H and O–H groups in total. The van der Waals surface area contributed by atoms with E-state index >= 15 is 0 Å². The van der Waals surface area contributed by atoms with Gasteiger partial charge in [0.1, 0.15) is 11.7 Å². The molecule has 7 nitrogen and oxygen atoms in total. The minimum atomic E-state index is -3.58. The third-order valence-electron chi connectivity index (χ3n) is 2.20. The van der Waals surface area contributed by atoms with Gasteiger partial charge < -0.3 is 14.4 Å². The summed E-state index contributed by atoms with van der Waals surface area (Å²) < 4.78 is 37.5. The van der Waals surface area contributed by atoms with E-state index in [4.69, 9.17) is 13.7 Å². The number of ether oxygens (including phenoxy) is 2. The van der Waals surface area contributed by atoms with Gasteiger partial charge in [-0.1, -0.05) is 0 Å². The normalized spacial score (nSPS) is 21.9. The van der Waals surface area contributed by atoms with Crippen LogP contribution in [0.3, 0.4) is 0 Å². The number of carbonyl (C=O) groups is 1. The molecule has 1 aliphatic heterocycles. The fraction of sp³-hybridized carbons (Fsp3) is 0.909. The molecule has 1 rings (SSSR count). The van der Waals surface area contributed by atoms with Gasteiger partial charge in [0, 0.05) is 6.54 Å². The van der Waals surface area contributed by atoms with Crippen molar-refractivity contribution in [2.45, 2.75) is 32.5 Å². The molecule has 0 radical (unpaired) electrons. The van der Waals surface area contributed by atoms with Crippen molar-refractivity contribution in [3.63, 3.8) is 0 Å². The minimum absolute atomic E-state index is 0.127. The summed E-state index contributed by atoms with van der Waals surface area (Å²) in [6.07, 6.45) is -0.236. The van der Waals surface area contributed by atoms with Gasteiger partial charge in [-0.2, -0.15) is 8.42 Å². The maximum absolute atomic E-state index is 11.9. The molecular formula is C11H21NO6S. The zero-order valence-electron chi connectivity index (χ0n) is 11.7. The Morgan fingerprint density at radius 2 is 2.00 bits per heavy atom. The van der Waals surface area contributed by atoms with Crippen LogP contribution in [0.1, 0.15) is 20.8 Å². The summed E-state index contributed by atoms with van der Waals surface area (Å²) >= 11 is 0. The number of hydrogen-bond acceptors (Lipinski definition) is 6. The van der Waals surface area contributed by atoms with Gasteiger partial charge in [0.15, 0.2) is 0 Å². The van der Waals surface area contributed by atoms with Crippen molar-refractivity contribution < 1.29 is 26.9 Å². The number of rotatable bonds is 2. The standard InChI is InChI=1S/C11H21NO6S/c1-11(2,3)17-10(13)12-5-6-16-8-9(7-12)18-19(4,14)15/h9H,5-8H2,1-4H3/t9-/m0/s1. The van der Waals surface area contributed by atoms with E-state index in [0.29, 0.717) is 13.2 Å². The lowest BCUT2D eigenvalue weighted by molar-refractivity contribution is 0.0206. The first-order valence-electron chi connectivity index (χ1n) is 6.01. The Labute approximate surface area is 113 Å². The summed E-state index contributed by atoms with van der Waals surface area (Å²) in [5.41, 5.74) is -0.600. The molecule has 8 heteroatoms. The number of carbonyl (C=O) groups excluding carboxylic acids is 1. The highest BCUT2D eigenvalue weighted by Crippen LogP contribution is 2.13. The third-order valence-corrected chi connectivity index (χ3v) is 2.82. The molecule has 0 spiro atoms. The number of nitrogens with zero attached hydrogens (tertiary/aromatic N) is 1. The van der Waals surface area contributed by atoms with Crippen LogP contribution < -0.4 is 0 Å². The van der Waals surface area contributed by atoms with Crippen LogP contribution in [0.25, 0.3) is 0 Å². The molecule has 0 saturated carbocycles. The average Bonchev–Trinajstić information content (AvgIpc) is 2.38. The fourth-order valence-corrected chi connectivity index (χ4v) is 2.19. The molecule has 0 aromatic rings. The summed E-state index contributed by atoms with van der Waals surface area (Å²) in [4.78, 5) is 13.3. The highest BCUT2D eigenvalue weighted by molar-refractivity contribution is 7.86. The summed E-state index contributed by atoms with van der Waals surface area (Å²) in [6.45, 7) is 6.23. The smallest absolute Gasteiger partial charge is 0.410 e. The van der Waals surface area contributed by atoms with Crippen LogP contribution in [-0.4, -0.2) is 63.7 Å². The van der Waals surface area contributed by atoms with Crippen molar-refractivity contribution in [1.82, 2.24) is 4.90 Å². The lowest BCUT2D eigenvalue weighted by Crippen LogP contribution is -2.42. The highest BCUT2D eigenvalue weighted by Gasteiger charge is 2.28. The minimum Gasteiger partial charge on any atom is -0.444 e. The maximum atomic E-state index is 11.9. The molecule has 112 valence electrons. The van der Waals surface area contributed by atoms with Gasteiger partial charge in [0.05, 0.1) is 26.0 Å². The molecule has 0 bridgehead atoms. The van der Waals surface area contributed by atoms with Crippen molar-refractivity contribution in [2.24, 2.45) is 0 Å². The Kier molecular flexibility index (Phi) is 5.17. The SMILES string of the molecule is CC(C)(C)OC(=O)N1CCOC[C@@H](OS(C)(=O)=O)C1.